The van der Waals surface area contributed by atoms with Gasteiger partial charge in [-0.3, -0.25) is 9.69 Å². The quantitative estimate of drug-likeness (QED) is 0.764. The molecule has 0 spiro atoms. The summed E-state index contributed by atoms with van der Waals surface area (Å²) in [6, 6.07) is 11.0. The first-order valence-corrected chi connectivity index (χ1v) is 9.38. The molecule has 0 aliphatic carbocycles. The van der Waals surface area contributed by atoms with E-state index in [1.165, 1.54) is 12.1 Å². The average Bonchev–Trinajstić information content (AvgIpc) is 2.64. The van der Waals surface area contributed by atoms with E-state index in [1.807, 2.05) is 23.1 Å². The number of carboxylic acid groups (broad SMARTS) is 1. The van der Waals surface area contributed by atoms with Crippen LogP contribution in [0.3, 0.4) is 0 Å². The second kappa shape index (κ2) is 8.18. The smallest absolute Gasteiger partial charge is 0.320 e. The van der Waals surface area contributed by atoms with Crippen molar-refractivity contribution in [1.29, 1.82) is 0 Å². The van der Waals surface area contributed by atoms with Gasteiger partial charge < -0.3 is 9.84 Å². The molecule has 2 aromatic carbocycles. The monoisotopic (exact) mass is 421 g/mol. The minimum atomic E-state index is -0.828. The van der Waals surface area contributed by atoms with Gasteiger partial charge in [-0.25, -0.2) is 4.39 Å². The van der Waals surface area contributed by atoms with Crippen molar-refractivity contribution in [2.45, 2.75) is 31.3 Å². The standard InChI is InChI=1S/C20H21BrFNO3/c1-26-18-10-7-14(21)12-16(18)19(13-5-8-15(22)9-6-13)23-11-3-2-4-17(23)20(24)25/h5-10,12,17,19H,2-4,11H2,1H3,(H,24,25). The first-order chi connectivity index (χ1) is 12.5. The van der Waals surface area contributed by atoms with Crippen molar-refractivity contribution in [3.8, 4) is 5.75 Å². The molecular formula is C20H21BrFNO3. The highest BCUT2D eigenvalue weighted by Crippen LogP contribution is 2.39. The molecule has 138 valence electrons. The first kappa shape index (κ1) is 18.9. The van der Waals surface area contributed by atoms with Crippen LogP contribution in [0.15, 0.2) is 46.9 Å². The number of benzene rings is 2. The Bertz CT molecular complexity index is 781. The van der Waals surface area contributed by atoms with Gasteiger partial charge in [-0.1, -0.05) is 34.5 Å². The maximum Gasteiger partial charge on any atom is 0.320 e. The van der Waals surface area contributed by atoms with Crippen LogP contribution in [0, 0.1) is 5.82 Å². The van der Waals surface area contributed by atoms with Crippen LogP contribution in [-0.2, 0) is 4.79 Å². The van der Waals surface area contributed by atoms with E-state index in [0.717, 1.165) is 28.4 Å². The number of nitrogens with zero attached hydrogens (tertiary/aromatic N) is 1. The number of aliphatic carboxylic acids is 1. The third-order valence-electron chi connectivity index (χ3n) is 4.83. The fraction of sp³-hybridized carbons (Fsp3) is 0.350. The fourth-order valence-corrected chi connectivity index (χ4v) is 4.02. The van der Waals surface area contributed by atoms with Crippen LogP contribution in [0.5, 0.6) is 5.75 Å². The molecule has 0 saturated carbocycles. The van der Waals surface area contributed by atoms with Crippen molar-refractivity contribution >= 4 is 21.9 Å². The first-order valence-electron chi connectivity index (χ1n) is 8.58. The number of halogens is 2. The maximum atomic E-state index is 13.5. The van der Waals surface area contributed by atoms with Crippen molar-refractivity contribution in [2.24, 2.45) is 0 Å². The second-order valence-electron chi connectivity index (χ2n) is 6.43. The van der Waals surface area contributed by atoms with E-state index in [1.54, 1.807) is 19.2 Å². The van der Waals surface area contributed by atoms with E-state index < -0.39 is 12.0 Å². The van der Waals surface area contributed by atoms with Gasteiger partial charge >= 0.3 is 5.97 Å². The van der Waals surface area contributed by atoms with Gasteiger partial charge in [0, 0.05) is 10.0 Å². The third-order valence-corrected chi connectivity index (χ3v) is 5.33. The Morgan fingerprint density at radius 3 is 2.65 bits per heavy atom. The largest absolute Gasteiger partial charge is 0.496 e. The van der Waals surface area contributed by atoms with Crippen LogP contribution >= 0.6 is 15.9 Å². The molecule has 1 N–H and O–H groups in total. The van der Waals surface area contributed by atoms with Crippen LogP contribution in [-0.4, -0.2) is 35.7 Å². The summed E-state index contributed by atoms with van der Waals surface area (Å²) in [6.07, 6.45) is 2.42. The lowest BCUT2D eigenvalue weighted by atomic mass is 9.91. The number of rotatable bonds is 5. The third kappa shape index (κ3) is 3.91. The van der Waals surface area contributed by atoms with Gasteiger partial charge in [-0.2, -0.15) is 0 Å². The molecule has 6 heteroatoms. The molecule has 0 radical (unpaired) electrons. The number of hydrogen-bond donors (Lipinski definition) is 1. The Kier molecular flexibility index (Phi) is 5.94. The highest BCUT2D eigenvalue weighted by molar-refractivity contribution is 9.10. The number of methoxy groups -OCH3 is 1. The number of carbonyl (C=O) groups is 1. The van der Waals surface area contributed by atoms with Crippen molar-refractivity contribution in [1.82, 2.24) is 4.90 Å². The van der Waals surface area contributed by atoms with Gasteiger partial charge in [0.2, 0.25) is 0 Å². The molecule has 1 fully saturated rings. The lowest BCUT2D eigenvalue weighted by Gasteiger charge is -2.40. The number of hydrogen-bond acceptors (Lipinski definition) is 3. The molecule has 1 heterocycles. The molecule has 1 aliphatic rings. The number of ether oxygens (including phenoxy) is 1. The topological polar surface area (TPSA) is 49.8 Å². The summed E-state index contributed by atoms with van der Waals surface area (Å²) in [7, 11) is 1.60. The highest BCUT2D eigenvalue weighted by atomic mass is 79.9. The number of likely N-dealkylation sites (tertiary alicyclic amines) is 1. The summed E-state index contributed by atoms with van der Waals surface area (Å²) < 4.78 is 19.9. The molecule has 26 heavy (non-hydrogen) atoms. The molecule has 1 aliphatic heterocycles. The number of piperidine rings is 1. The average molecular weight is 422 g/mol. The van der Waals surface area contributed by atoms with Crippen LogP contribution < -0.4 is 4.74 Å². The molecule has 2 aromatic rings. The highest BCUT2D eigenvalue weighted by Gasteiger charge is 2.36. The molecule has 4 nitrogen and oxygen atoms in total. The minimum Gasteiger partial charge on any atom is -0.496 e. The van der Waals surface area contributed by atoms with E-state index in [4.69, 9.17) is 4.74 Å². The van der Waals surface area contributed by atoms with Crippen LogP contribution in [0.2, 0.25) is 0 Å². The van der Waals surface area contributed by atoms with Gasteiger partial charge in [-0.05, 0) is 55.3 Å². The fourth-order valence-electron chi connectivity index (χ4n) is 3.64. The zero-order valence-corrected chi connectivity index (χ0v) is 16.1. The predicted molar refractivity (Wildman–Crippen MR) is 101 cm³/mol. The molecular weight excluding hydrogens is 401 g/mol. The van der Waals surface area contributed by atoms with Crippen LogP contribution in [0.1, 0.15) is 36.4 Å². The zero-order valence-electron chi connectivity index (χ0n) is 14.5. The molecule has 0 amide bonds. The van der Waals surface area contributed by atoms with Crippen LogP contribution in [0.4, 0.5) is 4.39 Å². The second-order valence-corrected chi connectivity index (χ2v) is 7.34. The number of carboxylic acids is 1. The summed E-state index contributed by atoms with van der Waals surface area (Å²) in [5.74, 6) is -0.467. The SMILES string of the molecule is COc1ccc(Br)cc1C(c1ccc(F)cc1)N1CCCCC1C(=O)O. The lowest BCUT2D eigenvalue weighted by Crippen LogP contribution is -2.46. The van der Waals surface area contributed by atoms with Crippen LogP contribution in [0.25, 0.3) is 0 Å². The molecule has 1 saturated heterocycles. The molecule has 2 atom stereocenters. The summed E-state index contributed by atoms with van der Waals surface area (Å²) >= 11 is 3.50. The van der Waals surface area contributed by atoms with E-state index in [2.05, 4.69) is 15.9 Å². The van der Waals surface area contributed by atoms with Gasteiger partial charge in [0.1, 0.15) is 17.6 Å². The van der Waals surface area contributed by atoms with Gasteiger partial charge in [0.15, 0.2) is 0 Å². The maximum absolute atomic E-state index is 13.5. The molecule has 0 aromatic heterocycles. The van der Waals surface area contributed by atoms with Gasteiger partial charge in [-0.15, -0.1) is 0 Å². The van der Waals surface area contributed by atoms with E-state index in [-0.39, 0.29) is 11.9 Å². The Balaban J connectivity index is 2.15. The summed E-state index contributed by atoms with van der Waals surface area (Å²) in [6.45, 7) is 0.661. The Labute approximate surface area is 160 Å². The van der Waals surface area contributed by atoms with Gasteiger partial charge in [0.25, 0.3) is 0 Å². The normalized spacial score (nSPS) is 19.1. The molecule has 3 rings (SSSR count). The Hall–Kier alpha value is -1.92. The zero-order chi connectivity index (χ0) is 18.7. The minimum absolute atomic E-state index is 0.317. The van der Waals surface area contributed by atoms with E-state index in [0.29, 0.717) is 18.7 Å². The van der Waals surface area contributed by atoms with Crippen molar-refractivity contribution < 1.29 is 19.0 Å². The Morgan fingerprint density at radius 1 is 1.27 bits per heavy atom. The van der Waals surface area contributed by atoms with E-state index in [9.17, 15) is 14.3 Å². The predicted octanol–water partition coefficient (Wildman–Crippen LogP) is 4.63. The van der Waals surface area contributed by atoms with Gasteiger partial charge in [0.05, 0.1) is 13.2 Å². The van der Waals surface area contributed by atoms with Crippen molar-refractivity contribution in [2.75, 3.05) is 13.7 Å². The van der Waals surface area contributed by atoms with Crippen molar-refractivity contribution in [3.05, 3.63) is 63.9 Å². The summed E-state index contributed by atoms with van der Waals surface area (Å²) in [5, 5.41) is 9.73. The van der Waals surface area contributed by atoms with Crippen molar-refractivity contribution in [3.63, 3.8) is 0 Å². The summed E-state index contributed by atoms with van der Waals surface area (Å²) in [5.41, 5.74) is 1.71. The Morgan fingerprint density at radius 2 is 2.00 bits per heavy atom. The summed E-state index contributed by atoms with van der Waals surface area (Å²) in [4.78, 5) is 13.9. The molecule has 0 bridgehead atoms. The lowest BCUT2D eigenvalue weighted by molar-refractivity contribution is -0.145. The van der Waals surface area contributed by atoms with E-state index >= 15 is 0 Å². The molecule has 2 unspecified atom stereocenters.